The molecule has 0 bridgehead atoms. The van der Waals surface area contributed by atoms with Crippen molar-refractivity contribution in [1.82, 2.24) is 10.2 Å². The molecule has 0 amide bonds. The standard InChI is InChI=1S/C12H24N2O2/c1-4-13-11(12(15)16-3)9-14-8-6-5-7-10(14)2/h10-11,13H,4-9H2,1-3H3. The number of rotatable bonds is 5. The second-order valence-electron chi connectivity index (χ2n) is 4.47. The lowest BCUT2D eigenvalue weighted by atomic mass is 10.0. The number of carbonyl (C=O) groups excluding carboxylic acids is 1. The second-order valence-corrected chi connectivity index (χ2v) is 4.47. The van der Waals surface area contributed by atoms with E-state index < -0.39 is 0 Å². The van der Waals surface area contributed by atoms with Crippen molar-refractivity contribution in [3.05, 3.63) is 0 Å². The Morgan fingerprint density at radius 1 is 1.56 bits per heavy atom. The van der Waals surface area contributed by atoms with Gasteiger partial charge in [0.15, 0.2) is 0 Å². The molecule has 0 aliphatic carbocycles. The van der Waals surface area contributed by atoms with Gasteiger partial charge in [-0.25, -0.2) is 0 Å². The summed E-state index contributed by atoms with van der Waals surface area (Å²) in [6, 6.07) is 0.398. The highest BCUT2D eigenvalue weighted by Crippen LogP contribution is 2.16. The molecule has 1 aliphatic heterocycles. The van der Waals surface area contributed by atoms with Crippen LogP contribution in [0, 0.1) is 0 Å². The first-order valence-corrected chi connectivity index (χ1v) is 6.24. The lowest BCUT2D eigenvalue weighted by Gasteiger charge is -2.35. The Bertz CT molecular complexity index is 221. The summed E-state index contributed by atoms with van der Waals surface area (Å²) in [7, 11) is 1.45. The van der Waals surface area contributed by atoms with Gasteiger partial charge in [0.25, 0.3) is 0 Å². The van der Waals surface area contributed by atoms with Crippen molar-refractivity contribution in [1.29, 1.82) is 0 Å². The summed E-state index contributed by atoms with van der Waals surface area (Å²) in [5.41, 5.74) is 0. The predicted octanol–water partition coefficient (Wildman–Crippen LogP) is 1.01. The molecule has 16 heavy (non-hydrogen) atoms. The molecule has 1 rings (SSSR count). The molecule has 1 fully saturated rings. The van der Waals surface area contributed by atoms with Gasteiger partial charge in [-0.3, -0.25) is 9.69 Å². The first-order valence-electron chi connectivity index (χ1n) is 6.24. The van der Waals surface area contributed by atoms with Gasteiger partial charge in [-0.05, 0) is 32.9 Å². The summed E-state index contributed by atoms with van der Waals surface area (Å²) in [6.45, 7) is 6.90. The number of likely N-dealkylation sites (N-methyl/N-ethyl adjacent to an activating group) is 1. The Morgan fingerprint density at radius 2 is 2.31 bits per heavy atom. The molecule has 4 nitrogen and oxygen atoms in total. The molecule has 2 atom stereocenters. The van der Waals surface area contributed by atoms with E-state index in [-0.39, 0.29) is 12.0 Å². The minimum Gasteiger partial charge on any atom is -0.468 e. The summed E-state index contributed by atoms with van der Waals surface area (Å²) in [5, 5.41) is 3.18. The summed E-state index contributed by atoms with van der Waals surface area (Å²) in [4.78, 5) is 14.0. The summed E-state index contributed by atoms with van der Waals surface area (Å²) in [5.74, 6) is -0.153. The van der Waals surface area contributed by atoms with Crippen LogP contribution in [0.5, 0.6) is 0 Å². The van der Waals surface area contributed by atoms with Gasteiger partial charge in [-0.15, -0.1) is 0 Å². The fourth-order valence-electron chi connectivity index (χ4n) is 2.27. The molecule has 0 aromatic carbocycles. The van der Waals surface area contributed by atoms with Crippen LogP contribution in [0.15, 0.2) is 0 Å². The molecule has 4 heteroatoms. The summed E-state index contributed by atoms with van der Waals surface area (Å²) < 4.78 is 4.81. The lowest BCUT2D eigenvalue weighted by molar-refractivity contribution is -0.143. The molecule has 0 radical (unpaired) electrons. The number of ether oxygens (including phenoxy) is 1. The fourth-order valence-corrected chi connectivity index (χ4v) is 2.27. The zero-order valence-corrected chi connectivity index (χ0v) is 10.7. The van der Waals surface area contributed by atoms with Crippen molar-refractivity contribution in [2.24, 2.45) is 0 Å². The van der Waals surface area contributed by atoms with Crippen LogP contribution >= 0.6 is 0 Å². The van der Waals surface area contributed by atoms with Crippen molar-refractivity contribution < 1.29 is 9.53 Å². The van der Waals surface area contributed by atoms with Crippen LogP contribution in [0.4, 0.5) is 0 Å². The van der Waals surface area contributed by atoms with Crippen LogP contribution in [-0.4, -0.2) is 49.7 Å². The summed E-state index contributed by atoms with van der Waals surface area (Å²) >= 11 is 0. The van der Waals surface area contributed by atoms with Crippen molar-refractivity contribution in [2.45, 2.75) is 45.2 Å². The van der Waals surface area contributed by atoms with Crippen molar-refractivity contribution >= 4 is 5.97 Å². The van der Waals surface area contributed by atoms with Gasteiger partial charge < -0.3 is 10.1 Å². The van der Waals surface area contributed by atoms with E-state index in [1.165, 1.54) is 26.4 Å². The zero-order valence-electron chi connectivity index (χ0n) is 10.7. The molecule has 94 valence electrons. The van der Waals surface area contributed by atoms with E-state index in [2.05, 4.69) is 17.1 Å². The molecular weight excluding hydrogens is 204 g/mol. The molecule has 0 aromatic rings. The molecule has 1 saturated heterocycles. The number of nitrogens with zero attached hydrogens (tertiary/aromatic N) is 1. The first-order chi connectivity index (χ1) is 7.69. The van der Waals surface area contributed by atoms with E-state index in [9.17, 15) is 4.79 Å². The van der Waals surface area contributed by atoms with Crippen LogP contribution in [0.3, 0.4) is 0 Å². The van der Waals surface area contributed by atoms with Gasteiger partial charge in [0, 0.05) is 12.6 Å². The number of hydrogen-bond acceptors (Lipinski definition) is 4. The van der Waals surface area contributed by atoms with Gasteiger partial charge in [0.05, 0.1) is 7.11 Å². The SMILES string of the molecule is CCNC(CN1CCCCC1C)C(=O)OC. The van der Waals surface area contributed by atoms with Crippen molar-refractivity contribution in [2.75, 3.05) is 26.7 Å². The minimum atomic E-state index is -0.185. The Kier molecular flexibility index (Phi) is 5.77. The molecule has 1 N–H and O–H groups in total. The van der Waals surface area contributed by atoms with Gasteiger partial charge in [-0.1, -0.05) is 13.3 Å². The maximum atomic E-state index is 11.6. The highest BCUT2D eigenvalue weighted by Gasteiger charge is 2.25. The van der Waals surface area contributed by atoms with Crippen LogP contribution in [-0.2, 0) is 9.53 Å². The molecule has 1 heterocycles. The first kappa shape index (κ1) is 13.5. The average molecular weight is 228 g/mol. The maximum absolute atomic E-state index is 11.6. The Hall–Kier alpha value is -0.610. The maximum Gasteiger partial charge on any atom is 0.324 e. The lowest BCUT2D eigenvalue weighted by Crippen LogP contribution is -2.50. The third-order valence-corrected chi connectivity index (χ3v) is 3.29. The molecule has 0 saturated carbocycles. The average Bonchev–Trinajstić information content (AvgIpc) is 2.30. The monoisotopic (exact) mass is 228 g/mol. The van der Waals surface area contributed by atoms with E-state index in [1.54, 1.807) is 0 Å². The number of nitrogens with one attached hydrogen (secondary N) is 1. The van der Waals surface area contributed by atoms with Crippen molar-refractivity contribution in [3.8, 4) is 0 Å². The van der Waals surface area contributed by atoms with Crippen LogP contribution in [0.2, 0.25) is 0 Å². The molecule has 2 unspecified atom stereocenters. The Labute approximate surface area is 98.3 Å². The number of hydrogen-bond donors (Lipinski definition) is 1. The highest BCUT2D eigenvalue weighted by atomic mass is 16.5. The van der Waals surface area contributed by atoms with Crippen LogP contribution in [0.25, 0.3) is 0 Å². The number of methoxy groups -OCH3 is 1. The number of likely N-dealkylation sites (tertiary alicyclic amines) is 1. The van der Waals surface area contributed by atoms with Gasteiger partial charge >= 0.3 is 5.97 Å². The number of piperidine rings is 1. The van der Waals surface area contributed by atoms with Crippen LogP contribution < -0.4 is 5.32 Å². The molecule has 0 aromatic heterocycles. The minimum absolute atomic E-state index is 0.153. The summed E-state index contributed by atoms with van der Waals surface area (Å²) in [6.07, 6.45) is 3.78. The van der Waals surface area contributed by atoms with E-state index in [0.29, 0.717) is 6.04 Å². The molecule has 1 aliphatic rings. The Morgan fingerprint density at radius 3 is 2.88 bits per heavy atom. The predicted molar refractivity (Wildman–Crippen MR) is 64.4 cm³/mol. The number of esters is 1. The largest absolute Gasteiger partial charge is 0.468 e. The fraction of sp³-hybridized carbons (Fsp3) is 0.917. The van der Waals surface area contributed by atoms with E-state index >= 15 is 0 Å². The quantitative estimate of drug-likeness (QED) is 0.713. The second kappa shape index (κ2) is 6.86. The zero-order chi connectivity index (χ0) is 12.0. The molecular formula is C12H24N2O2. The third-order valence-electron chi connectivity index (χ3n) is 3.29. The van der Waals surface area contributed by atoms with Gasteiger partial charge in [0.2, 0.25) is 0 Å². The highest BCUT2D eigenvalue weighted by molar-refractivity contribution is 5.75. The van der Waals surface area contributed by atoms with Gasteiger partial charge in [0.1, 0.15) is 6.04 Å². The Balaban J connectivity index is 2.49. The normalized spacial score (nSPS) is 24.1. The van der Waals surface area contributed by atoms with Crippen molar-refractivity contribution in [3.63, 3.8) is 0 Å². The number of carbonyl (C=O) groups is 1. The van der Waals surface area contributed by atoms with E-state index in [0.717, 1.165) is 19.6 Å². The van der Waals surface area contributed by atoms with E-state index in [4.69, 9.17) is 4.74 Å². The van der Waals surface area contributed by atoms with E-state index in [1.807, 2.05) is 6.92 Å². The van der Waals surface area contributed by atoms with Crippen LogP contribution in [0.1, 0.15) is 33.1 Å². The molecule has 0 spiro atoms. The topological polar surface area (TPSA) is 41.6 Å². The third kappa shape index (κ3) is 3.76. The van der Waals surface area contributed by atoms with Gasteiger partial charge in [-0.2, -0.15) is 0 Å². The smallest absolute Gasteiger partial charge is 0.324 e.